The third-order valence-electron chi connectivity index (χ3n) is 4.03. The molecule has 1 atom stereocenters. The quantitative estimate of drug-likeness (QED) is 0.875. The summed E-state index contributed by atoms with van der Waals surface area (Å²) in [6.45, 7) is 3.48. The number of hydrogen-bond donors (Lipinski definition) is 0. The summed E-state index contributed by atoms with van der Waals surface area (Å²) in [7, 11) is 0. The molecule has 1 amide bonds. The van der Waals surface area contributed by atoms with E-state index in [9.17, 15) is 4.79 Å². The highest BCUT2D eigenvalue weighted by atomic mass is 32.1. The van der Waals surface area contributed by atoms with Crippen molar-refractivity contribution >= 4 is 17.2 Å². The van der Waals surface area contributed by atoms with Crippen molar-refractivity contribution in [3.05, 3.63) is 39.8 Å². The number of rotatable bonds is 3. The Kier molecular flexibility index (Phi) is 4.25. The summed E-state index contributed by atoms with van der Waals surface area (Å²) < 4.78 is 1.91. The molecule has 0 N–H and O–H groups in total. The van der Waals surface area contributed by atoms with Crippen molar-refractivity contribution in [2.45, 2.75) is 38.8 Å². The number of hydrogen-bond acceptors (Lipinski definition) is 4. The Morgan fingerprint density at radius 3 is 3.14 bits per heavy atom. The van der Waals surface area contributed by atoms with Crippen LogP contribution in [0, 0.1) is 18.3 Å². The fourth-order valence-electron chi connectivity index (χ4n) is 2.93. The summed E-state index contributed by atoms with van der Waals surface area (Å²) in [6, 6.07) is 3.97. The van der Waals surface area contributed by atoms with E-state index in [0.717, 1.165) is 31.4 Å². The van der Waals surface area contributed by atoms with E-state index in [1.165, 1.54) is 11.3 Å². The van der Waals surface area contributed by atoms with Gasteiger partial charge in [-0.05, 0) is 43.2 Å². The number of nitrogens with zero attached hydrogens (tertiary/aromatic N) is 4. The molecule has 0 unspecified atom stereocenters. The lowest BCUT2D eigenvalue weighted by Crippen LogP contribution is -2.45. The molecule has 6 heteroatoms. The zero-order valence-corrected chi connectivity index (χ0v) is 13.3. The molecule has 1 saturated heterocycles. The minimum absolute atomic E-state index is 0.0138. The van der Waals surface area contributed by atoms with Gasteiger partial charge in [-0.1, -0.05) is 0 Å². The lowest BCUT2D eigenvalue weighted by molar-refractivity contribution is 0.0588. The number of piperidine rings is 1. The fourth-order valence-corrected chi connectivity index (χ4v) is 3.73. The number of carbonyl (C=O) groups excluding carboxylic acids is 1. The molecule has 0 aliphatic carbocycles. The number of amides is 1. The molecule has 0 aromatic carbocycles. The minimum atomic E-state index is -0.0138. The molecular formula is C16H18N4OS. The van der Waals surface area contributed by atoms with Gasteiger partial charge in [0, 0.05) is 12.7 Å². The summed E-state index contributed by atoms with van der Waals surface area (Å²) in [4.78, 5) is 15.3. The first-order valence-corrected chi connectivity index (χ1v) is 8.34. The Morgan fingerprint density at radius 1 is 1.55 bits per heavy atom. The fraction of sp³-hybridized carbons (Fsp3) is 0.438. The van der Waals surface area contributed by atoms with Crippen LogP contribution in [-0.2, 0) is 6.54 Å². The van der Waals surface area contributed by atoms with Crippen LogP contribution in [0.3, 0.4) is 0 Å². The van der Waals surface area contributed by atoms with Gasteiger partial charge < -0.3 is 4.90 Å². The van der Waals surface area contributed by atoms with Crippen molar-refractivity contribution in [1.29, 1.82) is 5.26 Å². The van der Waals surface area contributed by atoms with Gasteiger partial charge in [-0.25, -0.2) is 0 Å². The molecule has 3 rings (SSSR count). The molecule has 114 valence electrons. The average Bonchev–Trinajstić information content (AvgIpc) is 3.16. The van der Waals surface area contributed by atoms with Crippen LogP contribution in [0.4, 0.5) is 0 Å². The molecule has 0 saturated carbocycles. The molecule has 0 radical (unpaired) electrons. The van der Waals surface area contributed by atoms with Gasteiger partial charge in [0.25, 0.3) is 5.91 Å². The predicted octanol–water partition coefficient (Wildman–Crippen LogP) is 2.82. The Morgan fingerprint density at radius 2 is 2.41 bits per heavy atom. The SMILES string of the molecule is Cc1cnn(C[C@H]2CCCCN2C(=O)c2sccc2C#N)c1. The first kappa shape index (κ1) is 14.8. The second-order valence-electron chi connectivity index (χ2n) is 5.66. The van der Waals surface area contributed by atoms with Crippen LogP contribution in [-0.4, -0.2) is 33.2 Å². The van der Waals surface area contributed by atoms with E-state index in [1.807, 2.05) is 34.3 Å². The summed E-state index contributed by atoms with van der Waals surface area (Å²) in [5.74, 6) is -0.0138. The second-order valence-corrected chi connectivity index (χ2v) is 6.58. The topological polar surface area (TPSA) is 61.9 Å². The van der Waals surface area contributed by atoms with Crippen molar-refractivity contribution in [3.63, 3.8) is 0 Å². The van der Waals surface area contributed by atoms with E-state index in [0.29, 0.717) is 17.0 Å². The molecule has 2 aromatic rings. The molecule has 3 heterocycles. The first-order chi connectivity index (χ1) is 10.7. The molecule has 0 spiro atoms. The summed E-state index contributed by atoms with van der Waals surface area (Å²) in [5.41, 5.74) is 1.60. The lowest BCUT2D eigenvalue weighted by atomic mass is 10.0. The van der Waals surface area contributed by atoms with E-state index < -0.39 is 0 Å². The molecule has 1 aliphatic heterocycles. The maximum atomic E-state index is 12.8. The van der Waals surface area contributed by atoms with E-state index in [1.54, 1.807) is 6.07 Å². The molecule has 0 bridgehead atoms. The van der Waals surface area contributed by atoms with Gasteiger partial charge in [-0.2, -0.15) is 10.4 Å². The Balaban J connectivity index is 1.80. The van der Waals surface area contributed by atoms with E-state index >= 15 is 0 Å². The number of likely N-dealkylation sites (tertiary alicyclic amines) is 1. The van der Waals surface area contributed by atoms with Gasteiger partial charge in [0.05, 0.1) is 24.3 Å². The van der Waals surface area contributed by atoms with Crippen LogP contribution < -0.4 is 0 Å². The smallest absolute Gasteiger partial charge is 0.265 e. The summed E-state index contributed by atoms with van der Waals surface area (Å²) in [5, 5.41) is 15.3. The molecule has 1 fully saturated rings. The van der Waals surface area contributed by atoms with Gasteiger partial charge in [-0.15, -0.1) is 11.3 Å². The third-order valence-corrected chi connectivity index (χ3v) is 4.93. The number of nitriles is 1. The maximum Gasteiger partial charge on any atom is 0.265 e. The highest BCUT2D eigenvalue weighted by molar-refractivity contribution is 7.12. The molecule has 1 aliphatic rings. The maximum absolute atomic E-state index is 12.8. The van der Waals surface area contributed by atoms with Crippen molar-refractivity contribution in [3.8, 4) is 6.07 Å². The number of thiophene rings is 1. The van der Waals surface area contributed by atoms with Gasteiger partial charge in [0.15, 0.2) is 0 Å². The van der Waals surface area contributed by atoms with Gasteiger partial charge in [0.2, 0.25) is 0 Å². The lowest BCUT2D eigenvalue weighted by Gasteiger charge is -2.35. The van der Waals surface area contributed by atoms with E-state index in [2.05, 4.69) is 11.2 Å². The van der Waals surface area contributed by atoms with Gasteiger partial charge in [-0.3, -0.25) is 9.48 Å². The van der Waals surface area contributed by atoms with Crippen LogP contribution in [0.15, 0.2) is 23.8 Å². The largest absolute Gasteiger partial charge is 0.333 e. The number of aryl methyl sites for hydroxylation is 1. The average molecular weight is 314 g/mol. The highest BCUT2D eigenvalue weighted by Crippen LogP contribution is 2.25. The van der Waals surface area contributed by atoms with Gasteiger partial charge in [0.1, 0.15) is 10.9 Å². The van der Waals surface area contributed by atoms with E-state index in [4.69, 9.17) is 5.26 Å². The monoisotopic (exact) mass is 314 g/mol. The van der Waals surface area contributed by atoms with Crippen LogP contribution >= 0.6 is 11.3 Å². The van der Waals surface area contributed by atoms with Crippen LogP contribution in [0.1, 0.15) is 40.1 Å². The zero-order chi connectivity index (χ0) is 15.5. The van der Waals surface area contributed by atoms with Crippen molar-refractivity contribution in [1.82, 2.24) is 14.7 Å². The summed E-state index contributed by atoms with van der Waals surface area (Å²) >= 11 is 1.35. The third kappa shape index (κ3) is 2.90. The Hall–Kier alpha value is -2.13. The first-order valence-electron chi connectivity index (χ1n) is 7.46. The van der Waals surface area contributed by atoms with E-state index in [-0.39, 0.29) is 11.9 Å². The Labute approximate surface area is 133 Å². The second kappa shape index (κ2) is 6.32. The minimum Gasteiger partial charge on any atom is -0.333 e. The predicted molar refractivity (Wildman–Crippen MR) is 84.7 cm³/mol. The molecule has 5 nitrogen and oxygen atoms in total. The van der Waals surface area contributed by atoms with Crippen molar-refractivity contribution < 1.29 is 4.79 Å². The normalized spacial score (nSPS) is 18.2. The van der Waals surface area contributed by atoms with Crippen molar-refractivity contribution in [2.24, 2.45) is 0 Å². The molecule has 22 heavy (non-hydrogen) atoms. The zero-order valence-electron chi connectivity index (χ0n) is 12.5. The molecular weight excluding hydrogens is 296 g/mol. The van der Waals surface area contributed by atoms with Crippen molar-refractivity contribution in [2.75, 3.05) is 6.54 Å². The summed E-state index contributed by atoms with van der Waals surface area (Å²) in [6.07, 6.45) is 6.97. The number of carbonyl (C=O) groups is 1. The standard InChI is InChI=1S/C16H18N4OS/c1-12-9-18-19(10-12)11-14-4-2-3-6-20(14)16(21)15-13(8-17)5-7-22-15/h5,7,9-10,14H,2-4,6,11H2,1H3/t14-/m1/s1. The van der Waals surface area contributed by atoms with Crippen LogP contribution in [0.5, 0.6) is 0 Å². The molecule has 2 aromatic heterocycles. The van der Waals surface area contributed by atoms with Gasteiger partial charge >= 0.3 is 0 Å². The number of aromatic nitrogens is 2. The highest BCUT2D eigenvalue weighted by Gasteiger charge is 2.29. The Bertz CT molecular complexity index is 712. The van der Waals surface area contributed by atoms with Crippen LogP contribution in [0.25, 0.3) is 0 Å². The van der Waals surface area contributed by atoms with Crippen LogP contribution in [0.2, 0.25) is 0 Å².